The number of rotatable bonds is 1. The third kappa shape index (κ3) is 2.39. The van der Waals surface area contributed by atoms with Gasteiger partial charge in [0.15, 0.2) is 0 Å². The van der Waals surface area contributed by atoms with Crippen molar-refractivity contribution in [2.24, 2.45) is 0 Å². The molecule has 0 spiro atoms. The van der Waals surface area contributed by atoms with Crippen molar-refractivity contribution in [2.75, 3.05) is 25.1 Å². The molecule has 4 nitrogen and oxygen atoms in total. The zero-order valence-corrected chi connectivity index (χ0v) is 8.66. The summed E-state index contributed by atoms with van der Waals surface area (Å²) in [6.45, 7) is 1.92. The maximum atomic E-state index is 11.3. The number of carbonyl (C=O) groups is 1. The molecule has 0 aliphatic carbocycles. The van der Waals surface area contributed by atoms with E-state index < -0.39 is 0 Å². The van der Waals surface area contributed by atoms with E-state index in [9.17, 15) is 4.79 Å². The number of nitrogen functional groups attached to an aromatic ring is 1. The van der Waals surface area contributed by atoms with Crippen molar-refractivity contribution < 1.29 is 4.79 Å². The van der Waals surface area contributed by atoms with E-state index >= 15 is 0 Å². The molecule has 0 saturated heterocycles. The average molecular weight is 193 g/mol. The van der Waals surface area contributed by atoms with Crippen LogP contribution in [0.2, 0.25) is 0 Å². The monoisotopic (exact) mass is 193 g/mol. The lowest BCUT2D eigenvalue weighted by Gasteiger charge is -2.13. The minimum atomic E-state index is -0.154. The topological polar surface area (TPSA) is 58.4 Å². The van der Waals surface area contributed by atoms with Crippen molar-refractivity contribution in [3.63, 3.8) is 0 Å². The van der Waals surface area contributed by atoms with Gasteiger partial charge in [0.05, 0.1) is 0 Å². The summed E-state index contributed by atoms with van der Waals surface area (Å²) in [4.78, 5) is 12.8. The first kappa shape index (κ1) is 10.4. The van der Waals surface area contributed by atoms with Crippen LogP contribution in [0.25, 0.3) is 0 Å². The van der Waals surface area contributed by atoms with Crippen molar-refractivity contribution in [1.29, 1.82) is 0 Å². The molecule has 4 heteroatoms. The molecule has 14 heavy (non-hydrogen) atoms. The lowest BCUT2D eigenvalue weighted by atomic mass is 10.2. The van der Waals surface area contributed by atoms with Gasteiger partial charge in [-0.05, 0) is 24.6 Å². The van der Waals surface area contributed by atoms with E-state index in [4.69, 9.17) is 5.73 Å². The van der Waals surface area contributed by atoms with Crippen LogP contribution >= 0.6 is 0 Å². The molecule has 0 atom stereocenters. The van der Waals surface area contributed by atoms with Crippen LogP contribution in [0.15, 0.2) is 18.2 Å². The van der Waals surface area contributed by atoms with Crippen molar-refractivity contribution in [3.8, 4) is 0 Å². The second-order valence-corrected chi connectivity index (χ2v) is 3.40. The zero-order valence-electron chi connectivity index (χ0n) is 8.66. The maximum Gasteiger partial charge on any atom is 0.321 e. The Hall–Kier alpha value is -1.71. The van der Waals surface area contributed by atoms with Crippen LogP contribution in [-0.4, -0.2) is 25.0 Å². The summed E-state index contributed by atoms with van der Waals surface area (Å²) in [7, 11) is 3.38. The van der Waals surface area contributed by atoms with Crippen LogP contribution < -0.4 is 11.1 Å². The Kier molecular flexibility index (Phi) is 2.96. The number of hydrogen-bond donors (Lipinski definition) is 2. The zero-order chi connectivity index (χ0) is 10.7. The second-order valence-electron chi connectivity index (χ2n) is 3.40. The van der Waals surface area contributed by atoms with Crippen LogP contribution in [0, 0.1) is 6.92 Å². The van der Waals surface area contributed by atoms with E-state index in [1.807, 2.05) is 13.0 Å². The summed E-state index contributed by atoms with van der Waals surface area (Å²) in [5.41, 5.74) is 8.01. The maximum absolute atomic E-state index is 11.3. The molecular formula is C10H15N3O. The van der Waals surface area contributed by atoms with E-state index in [0.717, 1.165) is 11.3 Å². The van der Waals surface area contributed by atoms with E-state index in [-0.39, 0.29) is 6.03 Å². The molecule has 0 radical (unpaired) electrons. The van der Waals surface area contributed by atoms with Crippen LogP contribution in [-0.2, 0) is 0 Å². The van der Waals surface area contributed by atoms with Crippen LogP contribution in [0.1, 0.15) is 5.56 Å². The number of urea groups is 1. The van der Waals surface area contributed by atoms with Crippen molar-refractivity contribution in [3.05, 3.63) is 23.8 Å². The highest BCUT2D eigenvalue weighted by Gasteiger charge is 2.05. The van der Waals surface area contributed by atoms with Gasteiger partial charge in [-0.2, -0.15) is 0 Å². The van der Waals surface area contributed by atoms with Gasteiger partial charge >= 0.3 is 6.03 Å². The Labute approximate surface area is 83.7 Å². The molecule has 0 bridgehead atoms. The summed E-state index contributed by atoms with van der Waals surface area (Å²) < 4.78 is 0. The van der Waals surface area contributed by atoms with Gasteiger partial charge in [-0.3, -0.25) is 0 Å². The third-order valence-electron chi connectivity index (χ3n) is 1.91. The average Bonchev–Trinajstić information content (AvgIpc) is 2.11. The van der Waals surface area contributed by atoms with Gasteiger partial charge in [0.1, 0.15) is 0 Å². The fourth-order valence-corrected chi connectivity index (χ4v) is 1.00. The molecule has 0 heterocycles. The first-order valence-corrected chi connectivity index (χ1v) is 4.35. The summed E-state index contributed by atoms with van der Waals surface area (Å²) >= 11 is 0. The van der Waals surface area contributed by atoms with E-state index in [2.05, 4.69) is 5.32 Å². The fourth-order valence-electron chi connectivity index (χ4n) is 1.00. The Balaban J connectivity index is 2.86. The molecule has 1 rings (SSSR count). The van der Waals surface area contributed by atoms with Gasteiger partial charge in [-0.25, -0.2) is 4.79 Å². The second kappa shape index (κ2) is 4.00. The first-order chi connectivity index (χ1) is 6.50. The molecule has 0 unspecified atom stereocenters. The number of benzene rings is 1. The summed E-state index contributed by atoms with van der Waals surface area (Å²) in [5.74, 6) is 0. The number of amides is 2. The van der Waals surface area contributed by atoms with Gasteiger partial charge in [-0.15, -0.1) is 0 Å². The van der Waals surface area contributed by atoms with Crippen molar-refractivity contribution in [1.82, 2.24) is 4.90 Å². The van der Waals surface area contributed by atoms with Crippen LogP contribution in [0.3, 0.4) is 0 Å². The number of carbonyl (C=O) groups excluding carboxylic acids is 1. The number of nitrogens with two attached hydrogens (primary N) is 1. The highest BCUT2D eigenvalue weighted by molar-refractivity contribution is 5.90. The van der Waals surface area contributed by atoms with Crippen LogP contribution in [0.5, 0.6) is 0 Å². The van der Waals surface area contributed by atoms with Crippen LogP contribution in [0.4, 0.5) is 16.2 Å². The lowest BCUT2D eigenvalue weighted by molar-refractivity contribution is 0.230. The minimum Gasteiger partial charge on any atom is -0.399 e. The molecular weight excluding hydrogens is 178 g/mol. The molecule has 0 aliphatic rings. The minimum absolute atomic E-state index is 0.154. The quantitative estimate of drug-likeness (QED) is 0.666. The largest absolute Gasteiger partial charge is 0.399 e. The number of hydrogen-bond acceptors (Lipinski definition) is 2. The smallest absolute Gasteiger partial charge is 0.321 e. The Bertz CT molecular complexity index is 347. The number of nitrogens with zero attached hydrogens (tertiary/aromatic N) is 1. The lowest BCUT2D eigenvalue weighted by Crippen LogP contribution is -2.27. The molecule has 0 saturated carbocycles. The van der Waals surface area contributed by atoms with Gasteiger partial charge in [0.25, 0.3) is 0 Å². The van der Waals surface area contributed by atoms with Crippen molar-refractivity contribution >= 4 is 17.4 Å². The van der Waals surface area contributed by atoms with Gasteiger partial charge in [0, 0.05) is 25.5 Å². The summed E-state index contributed by atoms with van der Waals surface area (Å²) in [5, 5.41) is 2.76. The molecule has 0 aromatic heterocycles. The standard InChI is InChI=1S/C10H15N3O/c1-7-4-5-8(11)6-9(7)12-10(14)13(2)3/h4-6H,11H2,1-3H3,(H,12,14). The Morgan fingerprint density at radius 2 is 2.07 bits per heavy atom. The fraction of sp³-hybridized carbons (Fsp3) is 0.300. The number of nitrogens with one attached hydrogen (secondary N) is 1. The highest BCUT2D eigenvalue weighted by Crippen LogP contribution is 2.18. The molecule has 76 valence electrons. The number of anilines is 2. The molecule has 3 N–H and O–H groups in total. The Morgan fingerprint density at radius 3 is 2.64 bits per heavy atom. The summed E-state index contributed by atoms with van der Waals surface area (Å²) in [6.07, 6.45) is 0. The SMILES string of the molecule is Cc1ccc(N)cc1NC(=O)N(C)C. The molecule has 0 aliphatic heterocycles. The first-order valence-electron chi connectivity index (χ1n) is 4.35. The molecule has 1 aromatic carbocycles. The van der Waals surface area contributed by atoms with Gasteiger partial charge in [0.2, 0.25) is 0 Å². The molecule has 1 aromatic rings. The van der Waals surface area contributed by atoms with E-state index in [0.29, 0.717) is 5.69 Å². The summed E-state index contributed by atoms with van der Waals surface area (Å²) in [6, 6.07) is 5.27. The van der Waals surface area contributed by atoms with E-state index in [1.54, 1.807) is 26.2 Å². The Morgan fingerprint density at radius 1 is 1.43 bits per heavy atom. The molecule has 2 amide bonds. The van der Waals surface area contributed by atoms with Crippen molar-refractivity contribution in [2.45, 2.75) is 6.92 Å². The third-order valence-corrected chi connectivity index (χ3v) is 1.91. The normalized spacial score (nSPS) is 9.64. The molecule has 0 fully saturated rings. The predicted molar refractivity (Wildman–Crippen MR) is 58.3 cm³/mol. The van der Waals surface area contributed by atoms with Gasteiger partial charge < -0.3 is 16.0 Å². The predicted octanol–water partition coefficient (Wildman–Crippen LogP) is 1.67. The highest BCUT2D eigenvalue weighted by atomic mass is 16.2. The number of aryl methyl sites for hydroxylation is 1. The van der Waals surface area contributed by atoms with Gasteiger partial charge in [-0.1, -0.05) is 6.07 Å². The van der Waals surface area contributed by atoms with E-state index in [1.165, 1.54) is 4.90 Å².